The normalized spacial score (nSPS) is 30.6. The zero-order chi connectivity index (χ0) is 13.5. The first-order valence-corrected chi connectivity index (χ1v) is 9.29. The standard InChI is InChI=1S/C15H23N3OS/c19-15(12-5-3-1-2-4-6-12)20-14(11-7-8-11)17-13-9-16-10-18(13)20/h9-12,15,19-20H,1-8H2. The minimum absolute atomic E-state index is 0.224. The Kier molecular flexibility index (Phi) is 3.34. The largest absolute Gasteiger partial charge is 0.382 e. The lowest BCUT2D eigenvalue weighted by Crippen LogP contribution is -2.25. The molecular weight excluding hydrogens is 270 g/mol. The van der Waals surface area contributed by atoms with Crippen LogP contribution in [0.15, 0.2) is 17.5 Å². The Labute approximate surface area is 122 Å². The molecule has 2 heterocycles. The average molecular weight is 293 g/mol. The van der Waals surface area contributed by atoms with Gasteiger partial charge in [0.05, 0.1) is 11.2 Å². The summed E-state index contributed by atoms with van der Waals surface area (Å²) >= 11 is -0.700. The SMILES string of the molecule is OC(C1CCCCCC1)[SH]1C(C2CC2)=Nc2cncn21. The molecule has 0 spiro atoms. The molecule has 3 aliphatic rings. The number of thiol groups is 1. The van der Waals surface area contributed by atoms with Gasteiger partial charge in [0.1, 0.15) is 11.8 Å². The Bertz CT molecular complexity index is 515. The van der Waals surface area contributed by atoms with Crippen molar-refractivity contribution in [2.24, 2.45) is 16.8 Å². The van der Waals surface area contributed by atoms with Crippen LogP contribution in [0.1, 0.15) is 51.4 Å². The molecule has 4 rings (SSSR count). The number of fused-ring (bicyclic) bond motifs is 1. The first-order valence-electron chi connectivity index (χ1n) is 7.93. The van der Waals surface area contributed by atoms with Crippen LogP contribution in [0, 0.1) is 11.8 Å². The highest BCUT2D eigenvalue weighted by Gasteiger charge is 2.40. The van der Waals surface area contributed by atoms with Gasteiger partial charge in [0.25, 0.3) is 0 Å². The summed E-state index contributed by atoms with van der Waals surface area (Å²) in [6.07, 6.45) is 13.8. The fraction of sp³-hybridized carbons (Fsp3) is 0.733. The summed E-state index contributed by atoms with van der Waals surface area (Å²) in [5, 5.41) is 12.3. The quantitative estimate of drug-likeness (QED) is 0.663. The third kappa shape index (κ3) is 2.21. The number of aliphatic hydroxyl groups excluding tert-OH is 1. The van der Waals surface area contributed by atoms with Gasteiger partial charge in [-0.05, 0) is 31.6 Å². The molecule has 0 radical (unpaired) electrons. The van der Waals surface area contributed by atoms with Crippen LogP contribution in [0.2, 0.25) is 0 Å². The molecule has 1 aromatic rings. The third-order valence-corrected chi connectivity index (χ3v) is 7.44. The lowest BCUT2D eigenvalue weighted by molar-refractivity contribution is 0.177. The second-order valence-electron chi connectivity index (χ2n) is 6.35. The monoisotopic (exact) mass is 293 g/mol. The molecule has 1 N–H and O–H groups in total. The smallest absolute Gasteiger partial charge is 0.162 e. The van der Waals surface area contributed by atoms with Crippen molar-refractivity contribution in [3.05, 3.63) is 12.5 Å². The van der Waals surface area contributed by atoms with Crippen molar-refractivity contribution in [3.8, 4) is 0 Å². The van der Waals surface area contributed by atoms with Crippen LogP contribution >= 0.6 is 11.1 Å². The maximum absolute atomic E-state index is 11.0. The van der Waals surface area contributed by atoms with Crippen molar-refractivity contribution >= 4 is 21.9 Å². The number of imidazole rings is 1. The molecule has 2 aliphatic carbocycles. The molecule has 1 aliphatic heterocycles. The van der Waals surface area contributed by atoms with E-state index in [9.17, 15) is 5.11 Å². The van der Waals surface area contributed by atoms with Crippen LogP contribution in [0.3, 0.4) is 0 Å². The maximum Gasteiger partial charge on any atom is 0.162 e. The van der Waals surface area contributed by atoms with Crippen LogP contribution in [0.4, 0.5) is 5.82 Å². The molecule has 110 valence electrons. The van der Waals surface area contributed by atoms with Crippen LogP contribution in [0.5, 0.6) is 0 Å². The number of aliphatic imine (C=N–C) groups is 1. The van der Waals surface area contributed by atoms with E-state index < -0.39 is 11.1 Å². The third-order valence-electron chi connectivity index (χ3n) is 4.81. The van der Waals surface area contributed by atoms with E-state index in [1.165, 1.54) is 56.4 Å². The maximum atomic E-state index is 11.0. The van der Waals surface area contributed by atoms with Crippen molar-refractivity contribution in [2.45, 2.75) is 56.8 Å². The minimum Gasteiger partial charge on any atom is -0.382 e. The molecule has 0 aromatic carbocycles. The van der Waals surface area contributed by atoms with E-state index in [0.717, 1.165) is 5.82 Å². The summed E-state index contributed by atoms with van der Waals surface area (Å²) in [4.78, 5) is 9.00. The van der Waals surface area contributed by atoms with Crippen molar-refractivity contribution in [1.82, 2.24) is 8.96 Å². The molecule has 4 nitrogen and oxygen atoms in total. The Hall–Kier alpha value is -0.810. The molecule has 2 unspecified atom stereocenters. The van der Waals surface area contributed by atoms with Crippen LogP contribution in [0.25, 0.3) is 0 Å². The minimum atomic E-state index is -0.700. The second kappa shape index (κ2) is 5.19. The molecule has 5 heteroatoms. The average Bonchev–Trinajstić information content (AvgIpc) is 3.16. The summed E-state index contributed by atoms with van der Waals surface area (Å²) in [7, 11) is 0. The highest BCUT2D eigenvalue weighted by atomic mass is 32.2. The van der Waals surface area contributed by atoms with Gasteiger partial charge in [-0.1, -0.05) is 25.7 Å². The first-order chi connectivity index (χ1) is 9.84. The van der Waals surface area contributed by atoms with Crippen molar-refractivity contribution < 1.29 is 5.11 Å². The van der Waals surface area contributed by atoms with Gasteiger partial charge in [0.2, 0.25) is 0 Å². The number of hydrogen-bond donors (Lipinski definition) is 2. The fourth-order valence-electron chi connectivity index (χ4n) is 3.50. The lowest BCUT2D eigenvalue weighted by Gasteiger charge is -2.31. The highest BCUT2D eigenvalue weighted by Crippen LogP contribution is 2.54. The van der Waals surface area contributed by atoms with Crippen molar-refractivity contribution in [1.29, 1.82) is 0 Å². The molecule has 0 saturated heterocycles. The van der Waals surface area contributed by atoms with Crippen molar-refractivity contribution in [2.75, 3.05) is 0 Å². The predicted molar refractivity (Wildman–Crippen MR) is 83.6 cm³/mol. The molecule has 0 amide bonds. The van der Waals surface area contributed by atoms with Crippen LogP contribution in [-0.4, -0.2) is 24.5 Å². The molecular formula is C15H23N3OS. The Balaban J connectivity index is 1.60. The first kappa shape index (κ1) is 12.9. The van der Waals surface area contributed by atoms with E-state index in [-0.39, 0.29) is 5.44 Å². The molecule has 1 aromatic heterocycles. The summed E-state index contributed by atoms with van der Waals surface area (Å²) in [5.41, 5.74) is -0.224. The van der Waals surface area contributed by atoms with E-state index in [0.29, 0.717) is 11.8 Å². The number of hydrogen-bond acceptors (Lipinski definition) is 3. The Morgan fingerprint density at radius 2 is 1.90 bits per heavy atom. The fourth-order valence-corrected chi connectivity index (χ4v) is 6.27. The van der Waals surface area contributed by atoms with E-state index in [2.05, 4.69) is 8.96 Å². The van der Waals surface area contributed by atoms with Crippen LogP contribution < -0.4 is 0 Å². The Morgan fingerprint density at radius 1 is 1.15 bits per heavy atom. The van der Waals surface area contributed by atoms with Gasteiger partial charge in [-0.15, -0.1) is 11.1 Å². The van der Waals surface area contributed by atoms with Gasteiger partial charge in [-0.2, -0.15) is 0 Å². The molecule has 2 atom stereocenters. The molecule has 2 fully saturated rings. The van der Waals surface area contributed by atoms with Crippen molar-refractivity contribution in [3.63, 3.8) is 0 Å². The van der Waals surface area contributed by atoms with Gasteiger partial charge < -0.3 is 5.11 Å². The second-order valence-corrected chi connectivity index (χ2v) is 8.46. The van der Waals surface area contributed by atoms with Gasteiger partial charge in [0.15, 0.2) is 5.82 Å². The van der Waals surface area contributed by atoms with E-state index in [4.69, 9.17) is 4.99 Å². The number of aliphatic hydroxyl groups is 1. The zero-order valence-corrected chi connectivity index (χ0v) is 12.7. The van der Waals surface area contributed by atoms with E-state index in [1.807, 2.05) is 12.5 Å². The highest BCUT2D eigenvalue weighted by molar-refractivity contribution is 8.29. The summed E-state index contributed by atoms with van der Waals surface area (Å²) < 4.78 is 2.17. The van der Waals surface area contributed by atoms with Gasteiger partial charge in [-0.3, -0.25) is 3.97 Å². The molecule has 2 saturated carbocycles. The predicted octanol–water partition coefficient (Wildman–Crippen LogP) is 3.39. The number of rotatable bonds is 3. The van der Waals surface area contributed by atoms with Crippen LogP contribution in [-0.2, 0) is 0 Å². The van der Waals surface area contributed by atoms with E-state index >= 15 is 0 Å². The Morgan fingerprint density at radius 3 is 2.60 bits per heavy atom. The topological polar surface area (TPSA) is 50.4 Å². The molecule has 20 heavy (non-hydrogen) atoms. The number of nitrogens with zero attached hydrogens (tertiary/aromatic N) is 3. The van der Waals surface area contributed by atoms with E-state index in [1.54, 1.807) is 0 Å². The van der Waals surface area contributed by atoms with Gasteiger partial charge in [-0.25, -0.2) is 9.98 Å². The summed E-state index contributed by atoms with van der Waals surface area (Å²) in [5.74, 6) is 2.06. The zero-order valence-electron chi connectivity index (χ0n) is 11.8. The lowest BCUT2D eigenvalue weighted by atomic mass is 10.0. The summed E-state index contributed by atoms with van der Waals surface area (Å²) in [6, 6.07) is 0. The molecule has 0 bridgehead atoms. The van der Waals surface area contributed by atoms with Gasteiger partial charge in [0, 0.05) is 5.92 Å². The number of aromatic nitrogens is 2. The van der Waals surface area contributed by atoms with Gasteiger partial charge >= 0.3 is 0 Å². The summed E-state index contributed by atoms with van der Waals surface area (Å²) in [6.45, 7) is 0.